The molecule has 2 amide bonds. The molecule has 3 rings (SSSR count). The van der Waals surface area contributed by atoms with Gasteiger partial charge in [0.05, 0.1) is 6.26 Å². The number of nitrogens with one attached hydrogen (secondary N) is 1. The number of nitrogens with two attached hydrogens (primary N) is 1. The smallest absolute Gasteiger partial charge is 0.246 e. The molecule has 0 saturated carbocycles. The van der Waals surface area contributed by atoms with Gasteiger partial charge in [-0.05, 0) is 54.7 Å². The summed E-state index contributed by atoms with van der Waals surface area (Å²) in [7, 11) is -0.196. The number of fused-ring (bicyclic) bond motifs is 1. The fraction of sp³-hybridized carbons (Fsp3) is 0.375. The van der Waals surface area contributed by atoms with Gasteiger partial charge in [0, 0.05) is 38.6 Å². The van der Waals surface area contributed by atoms with Crippen molar-refractivity contribution in [2.45, 2.75) is 50.7 Å². The van der Waals surface area contributed by atoms with Gasteiger partial charge in [0.15, 0.2) is 0 Å². The molecule has 3 aromatic carbocycles. The molecular weight excluding hydrogens is 536 g/mol. The van der Waals surface area contributed by atoms with E-state index in [0.29, 0.717) is 19.3 Å². The molecule has 0 bridgehead atoms. The van der Waals surface area contributed by atoms with E-state index >= 15 is 0 Å². The molecule has 3 aromatic rings. The van der Waals surface area contributed by atoms with Gasteiger partial charge in [-0.1, -0.05) is 78.9 Å². The van der Waals surface area contributed by atoms with Gasteiger partial charge in [-0.25, -0.2) is 13.1 Å². The predicted octanol–water partition coefficient (Wildman–Crippen LogP) is 3.51. The second-order valence-corrected chi connectivity index (χ2v) is 13.2. The zero-order chi connectivity index (χ0) is 30.2. The largest absolute Gasteiger partial charge is 0.339 e. The number of hydrogen-bond acceptors (Lipinski definition) is 5. The fourth-order valence-corrected chi connectivity index (χ4v) is 5.10. The lowest BCUT2D eigenvalue weighted by Gasteiger charge is -2.35. The third-order valence-electron chi connectivity index (χ3n) is 7.04. The van der Waals surface area contributed by atoms with E-state index in [1.807, 2.05) is 86.6 Å². The summed E-state index contributed by atoms with van der Waals surface area (Å²) >= 11 is 0. The molecule has 0 aliphatic heterocycles. The van der Waals surface area contributed by atoms with Crippen molar-refractivity contribution < 1.29 is 18.0 Å². The Kier molecular flexibility index (Phi) is 10.8. The van der Waals surface area contributed by atoms with E-state index in [9.17, 15) is 18.0 Å². The maximum atomic E-state index is 14.2. The molecule has 9 heteroatoms. The lowest BCUT2D eigenvalue weighted by atomic mass is 9.98. The molecule has 0 aliphatic rings. The minimum absolute atomic E-state index is 0.0435. The van der Waals surface area contributed by atoms with Gasteiger partial charge in [0.1, 0.15) is 6.04 Å². The Morgan fingerprint density at radius 3 is 2.17 bits per heavy atom. The number of carbonyl (C=O) groups excluding carboxylic acids is 2. The van der Waals surface area contributed by atoms with Crippen molar-refractivity contribution >= 4 is 32.6 Å². The third kappa shape index (κ3) is 10.1. The van der Waals surface area contributed by atoms with E-state index in [-0.39, 0.29) is 18.4 Å². The molecule has 220 valence electrons. The average Bonchev–Trinajstić information content (AvgIpc) is 2.92. The normalized spacial score (nSPS) is 13.7. The summed E-state index contributed by atoms with van der Waals surface area (Å²) in [5, 5.41) is 2.13. The van der Waals surface area contributed by atoms with Crippen LogP contribution in [0.1, 0.15) is 31.4 Å². The molecule has 3 N–H and O–H groups in total. The zero-order valence-electron chi connectivity index (χ0n) is 24.6. The van der Waals surface area contributed by atoms with Crippen LogP contribution in [0, 0.1) is 0 Å². The van der Waals surface area contributed by atoms with Gasteiger partial charge < -0.3 is 15.5 Å². The van der Waals surface area contributed by atoms with Crippen molar-refractivity contribution in [2.75, 3.05) is 26.9 Å². The van der Waals surface area contributed by atoms with Crippen LogP contribution < -0.4 is 10.5 Å². The van der Waals surface area contributed by atoms with E-state index in [2.05, 4.69) is 4.72 Å². The molecule has 8 nitrogen and oxygen atoms in total. The highest BCUT2D eigenvalue weighted by Gasteiger charge is 2.32. The molecule has 2 atom stereocenters. The molecular formula is C32H42N4O4S. The minimum atomic E-state index is -3.48. The van der Waals surface area contributed by atoms with Crippen LogP contribution in [0.25, 0.3) is 10.8 Å². The monoisotopic (exact) mass is 578 g/mol. The van der Waals surface area contributed by atoms with Crippen LogP contribution in [-0.4, -0.2) is 74.6 Å². The number of amides is 2. The van der Waals surface area contributed by atoms with Gasteiger partial charge in [0.2, 0.25) is 21.8 Å². The quantitative estimate of drug-likeness (QED) is 0.302. The van der Waals surface area contributed by atoms with Gasteiger partial charge in [-0.2, -0.15) is 0 Å². The first-order valence-electron chi connectivity index (χ1n) is 13.7. The van der Waals surface area contributed by atoms with Gasteiger partial charge in [-0.3, -0.25) is 9.59 Å². The molecule has 0 aliphatic carbocycles. The average molecular weight is 579 g/mol. The topological polar surface area (TPSA) is 113 Å². The second kappa shape index (κ2) is 13.9. The highest BCUT2D eigenvalue weighted by molar-refractivity contribution is 7.88. The Hall–Kier alpha value is -3.53. The van der Waals surface area contributed by atoms with Crippen molar-refractivity contribution in [1.82, 2.24) is 14.5 Å². The SMILES string of the molecule is CN(C(=O)[C@@H](Cc1ccc2ccccc2c1)N(C)C(=O)/C=C/CC(C)(C)N)[C@@H](CNS(C)(=O)=O)Cc1ccccc1. The summed E-state index contributed by atoms with van der Waals surface area (Å²) in [4.78, 5) is 30.4. The lowest BCUT2D eigenvalue weighted by Crippen LogP contribution is -2.54. The van der Waals surface area contributed by atoms with E-state index in [1.165, 1.54) is 11.0 Å². The number of benzene rings is 3. The van der Waals surface area contributed by atoms with Crippen molar-refractivity contribution in [3.05, 3.63) is 96.1 Å². The number of nitrogens with zero attached hydrogens (tertiary/aromatic N) is 2. The van der Waals surface area contributed by atoms with Crippen LogP contribution in [0.2, 0.25) is 0 Å². The number of likely N-dealkylation sites (N-methyl/N-ethyl adjacent to an activating group) is 2. The molecule has 0 fully saturated rings. The first kappa shape index (κ1) is 32.0. The van der Waals surface area contributed by atoms with Crippen LogP contribution in [-0.2, 0) is 32.5 Å². The Labute approximate surface area is 244 Å². The second-order valence-electron chi connectivity index (χ2n) is 11.4. The number of hydrogen-bond donors (Lipinski definition) is 2. The van der Waals surface area contributed by atoms with E-state index in [4.69, 9.17) is 5.73 Å². The first-order chi connectivity index (χ1) is 19.2. The Balaban J connectivity index is 1.93. The molecule has 0 spiro atoms. The van der Waals surface area contributed by atoms with E-state index < -0.39 is 27.6 Å². The summed E-state index contributed by atoms with van der Waals surface area (Å²) < 4.78 is 26.4. The maximum absolute atomic E-state index is 14.2. The van der Waals surface area contributed by atoms with Crippen LogP contribution in [0.4, 0.5) is 0 Å². The third-order valence-corrected chi connectivity index (χ3v) is 7.73. The van der Waals surface area contributed by atoms with Crippen molar-refractivity contribution in [3.63, 3.8) is 0 Å². The molecule has 41 heavy (non-hydrogen) atoms. The number of rotatable bonds is 13. The number of carbonyl (C=O) groups is 2. The lowest BCUT2D eigenvalue weighted by molar-refractivity contribution is -0.142. The first-order valence-corrected chi connectivity index (χ1v) is 15.6. The predicted molar refractivity (Wildman–Crippen MR) is 166 cm³/mol. The summed E-state index contributed by atoms with van der Waals surface area (Å²) in [5.41, 5.74) is 7.48. The van der Waals surface area contributed by atoms with Crippen molar-refractivity contribution in [1.29, 1.82) is 0 Å². The van der Waals surface area contributed by atoms with Crippen molar-refractivity contribution in [3.8, 4) is 0 Å². The van der Waals surface area contributed by atoms with Crippen LogP contribution in [0.15, 0.2) is 84.9 Å². The zero-order valence-corrected chi connectivity index (χ0v) is 25.4. The molecule has 0 heterocycles. The van der Waals surface area contributed by atoms with E-state index in [1.54, 1.807) is 25.1 Å². The highest BCUT2D eigenvalue weighted by atomic mass is 32.2. The number of sulfonamides is 1. The summed E-state index contributed by atoms with van der Waals surface area (Å²) in [6, 6.07) is 22.3. The van der Waals surface area contributed by atoms with Crippen LogP contribution in [0.3, 0.4) is 0 Å². The van der Waals surface area contributed by atoms with Gasteiger partial charge >= 0.3 is 0 Å². The Morgan fingerprint density at radius 1 is 0.902 bits per heavy atom. The maximum Gasteiger partial charge on any atom is 0.246 e. The van der Waals surface area contributed by atoms with Gasteiger partial charge in [-0.15, -0.1) is 0 Å². The molecule has 0 radical (unpaired) electrons. The van der Waals surface area contributed by atoms with E-state index in [0.717, 1.165) is 28.2 Å². The molecule has 0 saturated heterocycles. The van der Waals surface area contributed by atoms with Crippen LogP contribution in [0.5, 0.6) is 0 Å². The summed E-state index contributed by atoms with van der Waals surface area (Å²) in [6.07, 6.45) is 5.53. The minimum Gasteiger partial charge on any atom is -0.339 e. The molecule has 0 unspecified atom stereocenters. The fourth-order valence-electron chi connectivity index (χ4n) is 4.61. The standard InChI is InChI=1S/C32H42N4O4S/c1-32(2,33)19-11-16-30(37)36(4)29(22-25-17-18-26-14-9-10-15-27(26)20-25)31(38)35(3)28(23-34-41(5,39)40)21-24-12-7-6-8-13-24/h6-18,20,28-29,34H,19,21-23,33H2,1-5H3/b16-11+/t28-,29-/m1/s1. The summed E-state index contributed by atoms with van der Waals surface area (Å²) in [6.45, 7) is 3.80. The Bertz CT molecular complexity index is 1470. The van der Waals surface area contributed by atoms with Gasteiger partial charge in [0.25, 0.3) is 0 Å². The Morgan fingerprint density at radius 2 is 1.54 bits per heavy atom. The van der Waals surface area contributed by atoms with Crippen LogP contribution >= 0.6 is 0 Å². The van der Waals surface area contributed by atoms with Crippen molar-refractivity contribution in [2.24, 2.45) is 5.73 Å². The molecule has 0 aromatic heterocycles. The summed E-state index contributed by atoms with van der Waals surface area (Å²) in [5.74, 6) is -0.589. The highest BCUT2D eigenvalue weighted by Crippen LogP contribution is 2.20.